The van der Waals surface area contributed by atoms with Gasteiger partial charge in [-0.1, -0.05) is 24.3 Å². The van der Waals surface area contributed by atoms with E-state index >= 15 is 0 Å². The molecule has 1 heterocycles. The molecule has 2 rings (SSSR count). The Morgan fingerprint density at radius 2 is 2.00 bits per heavy atom. The van der Waals surface area contributed by atoms with E-state index in [4.69, 9.17) is 5.26 Å². The largest absolute Gasteiger partial charge is 0.252 e. The number of nitriles is 1. The highest BCUT2D eigenvalue weighted by Gasteiger charge is 1.95. The van der Waals surface area contributed by atoms with E-state index in [2.05, 4.69) is 11.1 Å². The molecule has 2 heteroatoms. The van der Waals surface area contributed by atoms with Gasteiger partial charge in [-0.25, -0.2) is 0 Å². The van der Waals surface area contributed by atoms with Crippen LogP contribution in [0.3, 0.4) is 0 Å². The maximum absolute atomic E-state index is 8.50. The van der Waals surface area contributed by atoms with Crippen LogP contribution in [0.1, 0.15) is 5.69 Å². The minimum absolute atomic E-state index is 0.380. The first kappa shape index (κ1) is 7.75. The summed E-state index contributed by atoms with van der Waals surface area (Å²) in [6.45, 7) is 0. The Bertz CT molecular complexity index is 469. The van der Waals surface area contributed by atoms with Gasteiger partial charge in [0, 0.05) is 5.39 Å². The molecule has 2 aromatic rings. The minimum atomic E-state index is 0.380. The van der Waals surface area contributed by atoms with Crippen molar-refractivity contribution in [2.45, 2.75) is 6.42 Å². The van der Waals surface area contributed by atoms with Crippen molar-refractivity contribution < 1.29 is 0 Å². The number of aromatic nitrogens is 1. The molecule has 62 valence electrons. The summed E-state index contributed by atoms with van der Waals surface area (Å²) in [5.41, 5.74) is 1.79. The molecule has 0 unspecified atom stereocenters. The molecule has 2 nitrogen and oxygen atoms in total. The first-order valence-electron chi connectivity index (χ1n) is 4.12. The summed E-state index contributed by atoms with van der Waals surface area (Å²) in [6.07, 6.45) is 0.380. The van der Waals surface area contributed by atoms with Gasteiger partial charge in [0.2, 0.25) is 0 Å². The summed E-state index contributed by atoms with van der Waals surface area (Å²) < 4.78 is 0. The van der Waals surface area contributed by atoms with Crippen LogP contribution in [-0.4, -0.2) is 4.98 Å². The maximum Gasteiger partial charge on any atom is 0.0774 e. The van der Waals surface area contributed by atoms with E-state index < -0.39 is 0 Å². The number of hydrogen-bond donors (Lipinski definition) is 0. The summed E-state index contributed by atoms with van der Waals surface area (Å²) in [4.78, 5) is 4.34. The Morgan fingerprint density at radius 3 is 2.85 bits per heavy atom. The van der Waals surface area contributed by atoms with Crippen LogP contribution >= 0.6 is 0 Å². The molecular weight excluding hydrogens is 160 g/mol. The zero-order valence-electron chi connectivity index (χ0n) is 7.07. The average Bonchev–Trinajstić information content (AvgIpc) is 2.18. The molecule has 0 atom stereocenters. The SMILES string of the molecule is N#CCc1ccc2ccccc2n1. The van der Waals surface area contributed by atoms with Gasteiger partial charge in [-0.2, -0.15) is 5.26 Å². The molecule has 0 N–H and O–H groups in total. The Labute approximate surface area is 76.5 Å². The van der Waals surface area contributed by atoms with Crippen molar-refractivity contribution in [3.63, 3.8) is 0 Å². The van der Waals surface area contributed by atoms with E-state index in [0.717, 1.165) is 16.6 Å². The van der Waals surface area contributed by atoms with Crippen LogP contribution in [0.15, 0.2) is 36.4 Å². The van der Waals surface area contributed by atoms with Crippen molar-refractivity contribution in [2.75, 3.05) is 0 Å². The van der Waals surface area contributed by atoms with Gasteiger partial charge in [-0.05, 0) is 12.1 Å². The van der Waals surface area contributed by atoms with Crippen molar-refractivity contribution >= 4 is 10.9 Å². The van der Waals surface area contributed by atoms with Crippen LogP contribution in [-0.2, 0) is 6.42 Å². The monoisotopic (exact) mass is 168 g/mol. The number of hydrogen-bond acceptors (Lipinski definition) is 2. The second-order valence-corrected chi connectivity index (χ2v) is 2.83. The van der Waals surface area contributed by atoms with Gasteiger partial charge in [0.1, 0.15) is 0 Å². The highest BCUT2D eigenvalue weighted by Crippen LogP contribution is 2.11. The van der Waals surface area contributed by atoms with E-state index in [1.807, 2.05) is 36.4 Å². The molecule has 0 aliphatic rings. The van der Waals surface area contributed by atoms with E-state index in [1.54, 1.807) is 0 Å². The summed E-state index contributed by atoms with van der Waals surface area (Å²) >= 11 is 0. The second kappa shape index (κ2) is 3.24. The van der Waals surface area contributed by atoms with Crippen molar-refractivity contribution in [1.29, 1.82) is 5.26 Å². The van der Waals surface area contributed by atoms with E-state index in [9.17, 15) is 0 Å². The number of pyridine rings is 1. The second-order valence-electron chi connectivity index (χ2n) is 2.83. The van der Waals surface area contributed by atoms with E-state index in [-0.39, 0.29) is 0 Å². The molecule has 1 aromatic carbocycles. The fourth-order valence-electron chi connectivity index (χ4n) is 1.29. The molecule has 0 bridgehead atoms. The van der Waals surface area contributed by atoms with E-state index in [1.165, 1.54) is 0 Å². The number of benzene rings is 1. The molecular formula is C11H8N2. The van der Waals surface area contributed by atoms with Gasteiger partial charge in [-0.15, -0.1) is 0 Å². The molecule has 0 amide bonds. The lowest BCUT2D eigenvalue weighted by atomic mass is 10.2. The van der Waals surface area contributed by atoms with Crippen LogP contribution < -0.4 is 0 Å². The fourth-order valence-corrected chi connectivity index (χ4v) is 1.29. The molecule has 13 heavy (non-hydrogen) atoms. The number of rotatable bonds is 1. The smallest absolute Gasteiger partial charge is 0.0774 e. The zero-order chi connectivity index (χ0) is 9.10. The van der Waals surface area contributed by atoms with Gasteiger partial charge in [0.25, 0.3) is 0 Å². The Balaban J connectivity index is 2.57. The lowest BCUT2D eigenvalue weighted by Crippen LogP contribution is -1.87. The topological polar surface area (TPSA) is 36.7 Å². The van der Waals surface area contributed by atoms with Gasteiger partial charge in [0.05, 0.1) is 23.7 Å². The van der Waals surface area contributed by atoms with Crippen molar-refractivity contribution in [3.8, 4) is 6.07 Å². The predicted molar refractivity (Wildman–Crippen MR) is 51.1 cm³/mol. The van der Waals surface area contributed by atoms with Gasteiger partial charge in [0.15, 0.2) is 0 Å². The van der Waals surface area contributed by atoms with Gasteiger partial charge >= 0.3 is 0 Å². The van der Waals surface area contributed by atoms with E-state index in [0.29, 0.717) is 6.42 Å². The van der Waals surface area contributed by atoms with Crippen LogP contribution in [0.4, 0.5) is 0 Å². The highest BCUT2D eigenvalue weighted by molar-refractivity contribution is 5.78. The maximum atomic E-state index is 8.50. The molecule has 0 aliphatic carbocycles. The molecule has 0 aliphatic heterocycles. The minimum Gasteiger partial charge on any atom is -0.252 e. The van der Waals surface area contributed by atoms with Crippen LogP contribution in [0, 0.1) is 11.3 Å². The first-order chi connectivity index (χ1) is 6.40. The van der Waals surface area contributed by atoms with Crippen LogP contribution in [0.5, 0.6) is 0 Å². The Hall–Kier alpha value is -1.88. The van der Waals surface area contributed by atoms with Crippen molar-refractivity contribution in [2.24, 2.45) is 0 Å². The predicted octanol–water partition coefficient (Wildman–Crippen LogP) is 2.30. The Kier molecular flexibility index (Phi) is 1.93. The van der Waals surface area contributed by atoms with Crippen LogP contribution in [0.2, 0.25) is 0 Å². The summed E-state index contributed by atoms with van der Waals surface area (Å²) in [5, 5.41) is 9.62. The quantitative estimate of drug-likeness (QED) is 0.655. The number of fused-ring (bicyclic) bond motifs is 1. The zero-order valence-corrected chi connectivity index (χ0v) is 7.07. The first-order valence-corrected chi connectivity index (χ1v) is 4.12. The lowest BCUT2D eigenvalue weighted by Gasteiger charge is -1.97. The molecule has 0 spiro atoms. The summed E-state index contributed by atoms with van der Waals surface area (Å²) in [5.74, 6) is 0. The molecule has 0 saturated carbocycles. The molecule has 0 saturated heterocycles. The third kappa shape index (κ3) is 1.50. The Morgan fingerprint density at radius 1 is 1.15 bits per heavy atom. The number of nitrogens with zero attached hydrogens (tertiary/aromatic N) is 2. The van der Waals surface area contributed by atoms with Crippen molar-refractivity contribution in [3.05, 3.63) is 42.1 Å². The van der Waals surface area contributed by atoms with Crippen molar-refractivity contribution in [1.82, 2.24) is 4.98 Å². The highest BCUT2D eigenvalue weighted by atomic mass is 14.7. The summed E-state index contributed by atoms with van der Waals surface area (Å²) in [7, 11) is 0. The molecule has 0 fully saturated rings. The third-order valence-electron chi connectivity index (χ3n) is 1.92. The molecule has 0 radical (unpaired) electrons. The lowest BCUT2D eigenvalue weighted by molar-refractivity contribution is 1.15. The summed E-state index contributed by atoms with van der Waals surface area (Å²) in [6, 6.07) is 13.9. The van der Waals surface area contributed by atoms with Gasteiger partial charge in [-0.3, -0.25) is 4.98 Å². The van der Waals surface area contributed by atoms with Gasteiger partial charge < -0.3 is 0 Å². The average molecular weight is 168 g/mol. The molecule has 1 aromatic heterocycles. The standard InChI is InChI=1S/C11H8N2/c12-8-7-10-6-5-9-3-1-2-4-11(9)13-10/h1-6H,7H2. The van der Waals surface area contributed by atoms with Crippen LogP contribution in [0.25, 0.3) is 10.9 Å². The normalized spacial score (nSPS) is 9.77. The third-order valence-corrected chi connectivity index (χ3v) is 1.92. The fraction of sp³-hybridized carbons (Fsp3) is 0.0909. The number of para-hydroxylation sites is 1.